The summed E-state index contributed by atoms with van der Waals surface area (Å²) in [4.78, 5) is 20.8. The van der Waals surface area contributed by atoms with Crippen molar-refractivity contribution in [3.05, 3.63) is 101 Å². The van der Waals surface area contributed by atoms with Gasteiger partial charge in [0.15, 0.2) is 6.61 Å². The summed E-state index contributed by atoms with van der Waals surface area (Å²) in [5.41, 5.74) is 6.24. The first-order chi connectivity index (χ1) is 16.2. The Balaban J connectivity index is 1.49. The van der Waals surface area contributed by atoms with Crippen molar-refractivity contribution in [2.75, 3.05) is 13.2 Å². The molecule has 168 valence electrons. The van der Waals surface area contributed by atoms with Gasteiger partial charge in [-0.25, -0.2) is 4.79 Å². The Morgan fingerprint density at radius 3 is 2.73 bits per heavy atom. The van der Waals surface area contributed by atoms with E-state index in [9.17, 15) is 4.79 Å². The third-order valence-corrected chi connectivity index (χ3v) is 5.48. The third-order valence-electron chi connectivity index (χ3n) is 5.48. The topological polar surface area (TPSA) is 81.0 Å². The van der Waals surface area contributed by atoms with Crippen LogP contribution in [-0.2, 0) is 22.5 Å². The number of oxime groups is 1. The number of benzene rings is 2. The van der Waals surface area contributed by atoms with Crippen molar-refractivity contribution < 1.29 is 19.5 Å². The number of carboxylic acid groups (broad SMARTS) is 1. The van der Waals surface area contributed by atoms with Crippen LogP contribution in [0.15, 0.2) is 84.3 Å². The van der Waals surface area contributed by atoms with Gasteiger partial charge >= 0.3 is 5.97 Å². The maximum absolute atomic E-state index is 10.9. The highest BCUT2D eigenvalue weighted by atomic mass is 16.6. The fourth-order valence-corrected chi connectivity index (χ4v) is 3.97. The molecule has 3 aromatic rings. The summed E-state index contributed by atoms with van der Waals surface area (Å²) in [7, 11) is 0. The molecule has 1 aromatic heterocycles. The van der Waals surface area contributed by atoms with E-state index in [1.165, 1.54) is 5.57 Å². The Kier molecular flexibility index (Phi) is 7.48. The summed E-state index contributed by atoms with van der Waals surface area (Å²) < 4.78 is 5.49. The summed E-state index contributed by atoms with van der Waals surface area (Å²) in [6.07, 6.45) is 9.05. The van der Waals surface area contributed by atoms with Gasteiger partial charge in [-0.05, 0) is 59.7 Å². The Labute approximate surface area is 193 Å². The molecule has 1 heterocycles. The normalized spacial score (nSPS) is 14.5. The van der Waals surface area contributed by atoms with Gasteiger partial charge in [-0.2, -0.15) is 0 Å². The molecule has 6 heteroatoms. The SMILES string of the molecule is O=C(O)COc1cccc2c1CCCC2=CCON=C(Cc1cccnc1)c1ccccc1. The van der Waals surface area contributed by atoms with E-state index in [1.54, 1.807) is 6.20 Å². The van der Waals surface area contributed by atoms with Crippen LogP contribution in [0.1, 0.15) is 35.1 Å². The zero-order chi connectivity index (χ0) is 22.9. The molecule has 6 nitrogen and oxygen atoms in total. The zero-order valence-corrected chi connectivity index (χ0v) is 18.3. The molecule has 0 bridgehead atoms. The molecule has 0 aliphatic heterocycles. The summed E-state index contributed by atoms with van der Waals surface area (Å²) in [6, 6.07) is 19.7. The van der Waals surface area contributed by atoms with Gasteiger partial charge in [0.2, 0.25) is 0 Å². The van der Waals surface area contributed by atoms with Gasteiger partial charge < -0.3 is 14.7 Å². The molecule has 0 fully saturated rings. The maximum Gasteiger partial charge on any atom is 0.341 e. The van der Waals surface area contributed by atoms with E-state index in [1.807, 2.05) is 60.8 Å². The second-order valence-electron chi connectivity index (χ2n) is 7.79. The van der Waals surface area contributed by atoms with E-state index in [-0.39, 0.29) is 6.61 Å². The van der Waals surface area contributed by atoms with Crippen molar-refractivity contribution in [1.82, 2.24) is 4.98 Å². The average molecular weight is 443 g/mol. The minimum atomic E-state index is -0.981. The van der Waals surface area contributed by atoms with Crippen LogP contribution in [0, 0.1) is 0 Å². The molecule has 4 rings (SSSR count). The lowest BCUT2D eigenvalue weighted by atomic mass is 9.86. The van der Waals surface area contributed by atoms with E-state index < -0.39 is 5.97 Å². The van der Waals surface area contributed by atoms with Crippen molar-refractivity contribution in [3.8, 4) is 5.75 Å². The lowest BCUT2D eigenvalue weighted by Gasteiger charge is -2.21. The summed E-state index contributed by atoms with van der Waals surface area (Å²) >= 11 is 0. The number of carbonyl (C=O) groups is 1. The molecule has 0 spiro atoms. The van der Waals surface area contributed by atoms with E-state index in [0.717, 1.165) is 47.2 Å². The quantitative estimate of drug-likeness (QED) is 0.289. The number of aromatic nitrogens is 1. The van der Waals surface area contributed by atoms with Crippen LogP contribution in [0.25, 0.3) is 5.57 Å². The van der Waals surface area contributed by atoms with Gasteiger partial charge in [0.25, 0.3) is 0 Å². The molecule has 2 aromatic carbocycles. The lowest BCUT2D eigenvalue weighted by molar-refractivity contribution is -0.139. The molecule has 33 heavy (non-hydrogen) atoms. The molecule has 0 atom stereocenters. The van der Waals surface area contributed by atoms with Crippen molar-refractivity contribution in [3.63, 3.8) is 0 Å². The number of aliphatic carboxylic acids is 1. The fraction of sp³-hybridized carbons (Fsp3) is 0.222. The standard InChI is InChI=1S/C27H26N2O4/c30-27(31)19-32-26-13-5-11-23-21(10-4-12-24(23)26)14-16-33-29-25(22-8-2-1-3-9-22)17-20-7-6-15-28-18-20/h1-3,5-9,11,13-15,18H,4,10,12,16-17,19H2,(H,30,31). The molecule has 1 aliphatic rings. The Morgan fingerprint density at radius 2 is 1.94 bits per heavy atom. The molecular weight excluding hydrogens is 416 g/mol. The maximum atomic E-state index is 10.9. The van der Waals surface area contributed by atoms with Gasteiger partial charge in [-0.1, -0.05) is 53.7 Å². The molecule has 0 saturated carbocycles. The number of allylic oxidation sites excluding steroid dienone is 1. The minimum absolute atomic E-state index is 0.341. The highest BCUT2D eigenvalue weighted by Crippen LogP contribution is 2.36. The molecule has 0 saturated heterocycles. The van der Waals surface area contributed by atoms with Crippen LogP contribution in [0.2, 0.25) is 0 Å². The largest absolute Gasteiger partial charge is 0.482 e. The van der Waals surface area contributed by atoms with Crippen LogP contribution >= 0.6 is 0 Å². The predicted octanol–water partition coefficient (Wildman–Crippen LogP) is 4.93. The zero-order valence-electron chi connectivity index (χ0n) is 18.3. The highest BCUT2D eigenvalue weighted by Gasteiger charge is 2.18. The van der Waals surface area contributed by atoms with E-state index in [2.05, 4.69) is 22.3 Å². The first-order valence-corrected chi connectivity index (χ1v) is 11.0. The molecule has 0 unspecified atom stereocenters. The summed E-state index contributed by atoms with van der Waals surface area (Å²) in [6.45, 7) is 0.00484. The average Bonchev–Trinajstić information content (AvgIpc) is 2.85. The number of hydrogen-bond acceptors (Lipinski definition) is 5. The first kappa shape index (κ1) is 22.3. The molecule has 1 N–H and O–H groups in total. The fourth-order valence-electron chi connectivity index (χ4n) is 3.97. The van der Waals surface area contributed by atoms with Gasteiger partial charge in [0.1, 0.15) is 12.4 Å². The van der Waals surface area contributed by atoms with E-state index in [0.29, 0.717) is 18.8 Å². The van der Waals surface area contributed by atoms with Crippen molar-refractivity contribution in [1.29, 1.82) is 0 Å². The van der Waals surface area contributed by atoms with Crippen molar-refractivity contribution in [2.45, 2.75) is 25.7 Å². The number of ether oxygens (including phenoxy) is 1. The molecular formula is C27H26N2O4. The monoisotopic (exact) mass is 442 g/mol. The lowest BCUT2D eigenvalue weighted by Crippen LogP contribution is -2.12. The van der Waals surface area contributed by atoms with Crippen molar-refractivity contribution >= 4 is 17.3 Å². The summed E-state index contributed by atoms with van der Waals surface area (Å²) in [5.74, 6) is -0.340. The smallest absolute Gasteiger partial charge is 0.341 e. The molecule has 0 amide bonds. The van der Waals surface area contributed by atoms with Crippen LogP contribution in [0.4, 0.5) is 0 Å². The van der Waals surface area contributed by atoms with Crippen LogP contribution in [-0.4, -0.2) is 35.0 Å². The summed E-state index contributed by atoms with van der Waals surface area (Å²) in [5, 5.41) is 13.4. The Hall–Kier alpha value is -3.93. The number of fused-ring (bicyclic) bond motifs is 1. The number of hydrogen-bond donors (Lipinski definition) is 1. The number of nitrogens with zero attached hydrogens (tertiary/aromatic N) is 2. The molecule has 1 aliphatic carbocycles. The van der Waals surface area contributed by atoms with Gasteiger partial charge in [0.05, 0.1) is 5.71 Å². The van der Waals surface area contributed by atoms with Gasteiger partial charge in [0, 0.05) is 24.4 Å². The third kappa shape index (κ3) is 6.07. The van der Waals surface area contributed by atoms with Gasteiger partial charge in [-0.15, -0.1) is 0 Å². The molecule has 0 radical (unpaired) electrons. The Bertz CT molecular complexity index is 1140. The first-order valence-electron chi connectivity index (χ1n) is 11.0. The number of pyridine rings is 1. The van der Waals surface area contributed by atoms with Gasteiger partial charge in [-0.3, -0.25) is 4.98 Å². The van der Waals surface area contributed by atoms with Crippen molar-refractivity contribution in [2.24, 2.45) is 5.16 Å². The van der Waals surface area contributed by atoms with Crippen LogP contribution in [0.5, 0.6) is 5.75 Å². The second kappa shape index (κ2) is 11.1. The van der Waals surface area contributed by atoms with Crippen LogP contribution < -0.4 is 4.74 Å². The number of rotatable bonds is 9. The minimum Gasteiger partial charge on any atom is -0.482 e. The Morgan fingerprint density at radius 1 is 1.06 bits per heavy atom. The van der Waals surface area contributed by atoms with E-state index >= 15 is 0 Å². The van der Waals surface area contributed by atoms with Crippen LogP contribution in [0.3, 0.4) is 0 Å². The predicted molar refractivity (Wildman–Crippen MR) is 127 cm³/mol. The second-order valence-corrected chi connectivity index (χ2v) is 7.79. The number of carboxylic acids is 1. The highest BCUT2D eigenvalue weighted by molar-refractivity contribution is 6.01. The van der Waals surface area contributed by atoms with E-state index in [4.69, 9.17) is 14.7 Å².